The van der Waals surface area contributed by atoms with E-state index in [2.05, 4.69) is 6.92 Å². The molecule has 1 spiro atoms. The van der Waals surface area contributed by atoms with E-state index in [-0.39, 0.29) is 31.1 Å². The van der Waals surface area contributed by atoms with Gasteiger partial charge in [0.2, 0.25) is 0 Å². The van der Waals surface area contributed by atoms with Gasteiger partial charge in [-0.3, -0.25) is 14.1 Å². The van der Waals surface area contributed by atoms with Crippen LogP contribution >= 0.6 is 0 Å². The van der Waals surface area contributed by atoms with E-state index < -0.39 is 209 Å². The summed E-state index contributed by atoms with van der Waals surface area (Å²) in [4.78, 5) is 28.5. The lowest BCUT2D eigenvalue weighted by Gasteiger charge is -2.64. The molecule has 13 N–H and O–H groups in total. The number of Topliss-reactive ketones (excluding diaryl/α,β-unsaturated/α-hetero) is 1. The minimum atomic E-state index is -5.21. The molecule has 5 heterocycles. The van der Waals surface area contributed by atoms with Crippen LogP contribution in [-0.2, 0) is 71.5 Å². The van der Waals surface area contributed by atoms with Crippen LogP contribution in [0.25, 0.3) is 0 Å². The van der Waals surface area contributed by atoms with Gasteiger partial charge in [0.25, 0.3) is 0 Å². The Balaban J connectivity index is 0.916. The number of hydrogen-bond donors (Lipinski definition) is 13. The maximum atomic E-state index is 14.5. The summed E-state index contributed by atoms with van der Waals surface area (Å²) in [6, 6.07) is 0. The fourth-order valence-corrected chi connectivity index (χ4v) is 16.7. The van der Waals surface area contributed by atoms with Crippen LogP contribution in [0.2, 0.25) is 0 Å². The Labute approximate surface area is 480 Å². The molecule has 8 fully saturated rings. The van der Waals surface area contributed by atoms with Gasteiger partial charge in [0.1, 0.15) is 96.5 Å². The molecule has 0 radical (unpaired) electrons. The fraction of sp³-hybridized carbons (Fsp3) is 0.926. The highest BCUT2D eigenvalue weighted by Crippen LogP contribution is 2.77. The van der Waals surface area contributed by atoms with Crippen molar-refractivity contribution < 1.29 is 135 Å². The summed E-state index contributed by atoms with van der Waals surface area (Å²) in [6.45, 7) is 11.5. The predicted molar refractivity (Wildman–Crippen MR) is 276 cm³/mol. The van der Waals surface area contributed by atoms with Gasteiger partial charge in [-0.2, -0.15) is 8.42 Å². The van der Waals surface area contributed by atoms with Gasteiger partial charge in [-0.15, -0.1) is 0 Å². The van der Waals surface area contributed by atoms with E-state index >= 15 is 0 Å². The molecule has 9 rings (SSSR count). The molecule has 0 aromatic rings. The number of ketones is 1. The van der Waals surface area contributed by atoms with Crippen LogP contribution in [0.15, 0.2) is 11.6 Å². The first-order valence-corrected chi connectivity index (χ1v) is 29.9. The predicted octanol–water partition coefficient (Wildman–Crippen LogP) is -3.10. The Hall–Kier alpha value is -2.09. The van der Waals surface area contributed by atoms with Crippen molar-refractivity contribution in [3.05, 3.63) is 11.6 Å². The van der Waals surface area contributed by atoms with Gasteiger partial charge in [0.05, 0.1) is 43.7 Å². The summed E-state index contributed by atoms with van der Waals surface area (Å²) in [5.74, 6) is -1.95. The van der Waals surface area contributed by atoms with Crippen molar-refractivity contribution >= 4 is 22.2 Å². The van der Waals surface area contributed by atoms with Gasteiger partial charge in [0, 0.05) is 13.5 Å². The molecule has 0 bridgehead atoms. The van der Waals surface area contributed by atoms with E-state index in [1.54, 1.807) is 19.9 Å². The van der Waals surface area contributed by atoms with Crippen LogP contribution in [0.5, 0.6) is 0 Å². The third kappa shape index (κ3) is 10.6. The molecule has 3 saturated carbocycles. The number of esters is 1. The first-order valence-electron chi connectivity index (χ1n) is 28.5. The maximum Gasteiger partial charge on any atom is 0.397 e. The van der Waals surface area contributed by atoms with E-state index in [1.165, 1.54) is 21.0 Å². The number of rotatable bonds is 17. The number of hydrogen-bond acceptors (Lipinski definition) is 27. The first kappa shape index (κ1) is 65.4. The van der Waals surface area contributed by atoms with Crippen LogP contribution in [0.1, 0.15) is 107 Å². The number of allylic oxidation sites excluding steroid dienone is 1. The highest BCUT2D eigenvalue weighted by molar-refractivity contribution is 7.80. The molecule has 28 nitrogen and oxygen atoms in total. The van der Waals surface area contributed by atoms with Crippen molar-refractivity contribution in [3.8, 4) is 0 Å². The number of carbonyl (C=O) groups excluding carboxylic acids is 2. The average molecular weight is 1220 g/mol. The summed E-state index contributed by atoms with van der Waals surface area (Å²) >= 11 is 0. The molecular weight excluding hydrogens is 1130 g/mol. The highest BCUT2D eigenvalue weighted by atomic mass is 32.3. The Kier molecular flexibility index (Phi) is 18.2. The normalized spacial score (nSPS) is 50.8. The quantitative estimate of drug-likeness (QED) is 0.0297. The summed E-state index contributed by atoms with van der Waals surface area (Å²) in [7, 11) is -4.04. The van der Waals surface area contributed by atoms with E-state index in [0.29, 0.717) is 32.1 Å². The number of ether oxygens (including phenoxy) is 10. The molecule has 0 aromatic heterocycles. The zero-order valence-electron chi connectivity index (χ0n) is 48.0. The van der Waals surface area contributed by atoms with Crippen molar-refractivity contribution in [1.82, 2.24) is 0 Å². The second-order valence-corrected chi connectivity index (χ2v) is 27.3. The zero-order valence-corrected chi connectivity index (χ0v) is 48.8. The van der Waals surface area contributed by atoms with Crippen LogP contribution in [-0.4, -0.2) is 259 Å². The second-order valence-electron chi connectivity index (χ2n) is 26.3. The minimum absolute atomic E-state index is 0.00608. The average Bonchev–Trinajstić information content (AvgIpc) is 1.51. The van der Waals surface area contributed by atoms with E-state index in [1.807, 2.05) is 20.8 Å². The van der Waals surface area contributed by atoms with Gasteiger partial charge >= 0.3 is 16.4 Å². The summed E-state index contributed by atoms with van der Waals surface area (Å²) in [6.07, 6.45) is -31.3. The fourth-order valence-electron chi connectivity index (χ4n) is 16.2. The number of fused-ring (bicyclic) bond motifs is 4. The van der Waals surface area contributed by atoms with E-state index in [9.17, 15) is 83.8 Å². The van der Waals surface area contributed by atoms with Crippen LogP contribution in [0.4, 0.5) is 0 Å². The Morgan fingerprint density at radius 1 is 0.723 bits per heavy atom. The molecule has 476 valence electrons. The maximum absolute atomic E-state index is 14.5. The Bertz CT molecular complexity index is 2510. The molecule has 9 aliphatic rings. The van der Waals surface area contributed by atoms with Crippen LogP contribution in [0, 0.1) is 33.5 Å². The van der Waals surface area contributed by atoms with Crippen molar-refractivity contribution in [3.63, 3.8) is 0 Å². The van der Waals surface area contributed by atoms with Crippen molar-refractivity contribution in [2.75, 3.05) is 26.9 Å². The van der Waals surface area contributed by atoms with Gasteiger partial charge in [-0.25, -0.2) is 4.18 Å². The molecule has 0 unspecified atom stereocenters. The molecule has 29 heteroatoms. The van der Waals surface area contributed by atoms with E-state index in [4.69, 9.17) is 51.6 Å². The third-order valence-electron chi connectivity index (χ3n) is 20.7. The molecule has 5 aliphatic heterocycles. The molecule has 0 amide bonds. The van der Waals surface area contributed by atoms with Gasteiger partial charge < -0.3 is 109 Å². The number of cyclic esters (lactones) is 1. The Morgan fingerprint density at radius 2 is 1.30 bits per heavy atom. The van der Waals surface area contributed by atoms with Crippen molar-refractivity contribution in [2.24, 2.45) is 33.5 Å². The smallest absolute Gasteiger partial charge is 0.397 e. The molecule has 28 atom stereocenters. The highest BCUT2D eigenvalue weighted by Gasteiger charge is 2.87. The number of methoxy groups -OCH3 is 1. The molecule has 5 saturated heterocycles. The SMILES string of the molecule is CO[C@@H]1[C@@H](O)[C@H](O[C@@H]2[C@@H](O)[C@H](O[C@H]3[C@H](O)[C@@H](O)[C@H](O[C@H]4[C@H](O[C@H]5CC[C@]6(C)C7=C[C@H](O)[C@]89C(=O)O[C@@](C)(C(=O)CCC(C)(C)O)[C@@]8(O)CC[C@@]9(C)[C@@H]7CC[C@H]6C5(C)C)OC[C@@H](OS(=O)(=O)O)[C@@H]4O)O[C@@H]3C)O[C@H](CO)[C@H]2O)O[C@H](CO)[C@H]1O. The van der Waals surface area contributed by atoms with Gasteiger partial charge in [-0.05, 0) is 101 Å². The lowest BCUT2D eigenvalue weighted by atomic mass is 9.40. The number of aliphatic hydroxyl groups excluding tert-OH is 10. The number of carbonyl (C=O) groups is 2. The second kappa shape index (κ2) is 23.1. The summed E-state index contributed by atoms with van der Waals surface area (Å²) in [5.41, 5.74) is -8.77. The van der Waals surface area contributed by atoms with E-state index in [0.717, 1.165) is 5.57 Å². The van der Waals surface area contributed by atoms with Gasteiger partial charge in [0.15, 0.2) is 36.5 Å². The van der Waals surface area contributed by atoms with Crippen molar-refractivity contribution in [2.45, 2.75) is 252 Å². The molecular formula is C54H86O28S. The summed E-state index contributed by atoms with van der Waals surface area (Å²) < 4.78 is 97.5. The monoisotopic (exact) mass is 1210 g/mol. The standard InChI is InChI=1S/C54H86O28S/c1-22-39(78-45-38(65)41(33(60)26(20-56)76-45)79-44-37(64)40(72-9)32(59)25(19-55)75-44)35(62)36(63)43(74-22)80-42-34(61)27(82-83(69,70)71)21-73-46(42)77-31-13-15-50(6)24-18-30(58)54-47(66)81-52(8,29(57)12-14-48(2,3)67)53(54,68)17-16-51(54,7)23(24)10-11-28(50)49(31,4)5/h18,22-23,25-28,30-46,55-56,58-65,67-68H,10-17,19-21H2,1-9H3,(H,69,70,71)/t22-,23-,25-,26-,27-,28+,30+,31+,32-,33-,34+,35-,36-,37-,38-,39-,40+,41+,42-,43+,44+,45+,46+,50-,51+,52+,53+,54-/m1/s1. The lowest BCUT2D eigenvalue weighted by molar-refractivity contribution is -0.389. The molecule has 4 aliphatic carbocycles. The first-order chi connectivity index (χ1) is 38.5. The number of aliphatic hydroxyl groups is 12. The molecule has 83 heavy (non-hydrogen) atoms. The topological polar surface area (TPSA) is 433 Å². The largest absolute Gasteiger partial charge is 0.448 e. The molecule has 0 aromatic carbocycles. The van der Waals surface area contributed by atoms with Crippen molar-refractivity contribution in [1.29, 1.82) is 0 Å². The minimum Gasteiger partial charge on any atom is -0.448 e. The van der Waals surface area contributed by atoms with Crippen LogP contribution in [0.3, 0.4) is 0 Å². The Morgan fingerprint density at radius 3 is 1.89 bits per heavy atom. The van der Waals surface area contributed by atoms with Gasteiger partial charge in [-0.1, -0.05) is 39.3 Å². The summed E-state index contributed by atoms with van der Waals surface area (Å²) in [5, 5.41) is 135. The lowest BCUT2D eigenvalue weighted by Crippen LogP contribution is -2.69. The third-order valence-corrected chi connectivity index (χ3v) is 21.2. The zero-order chi connectivity index (χ0) is 61.3. The van der Waals surface area contributed by atoms with Crippen LogP contribution < -0.4 is 0 Å².